The molecule has 0 fully saturated rings. The van der Waals surface area contributed by atoms with Gasteiger partial charge in [0.15, 0.2) is 11.5 Å². The lowest BCUT2D eigenvalue weighted by molar-refractivity contribution is -0.686. The second-order valence-electron chi connectivity index (χ2n) is 6.41. The van der Waals surface area contributed by atoms with Crippen LogP contribution in [0.1, 0.15) is 25.0 Å². The van der Waals surface area contributed by atoms with Crippen molar-refractivity contribution in [2.24, 2.45) is 0 Å². The maximum atomic E-state index is 12.5. The van der Waals surface area contributed by atoms with E-state index in [-0.39, 0.29) is 0 Å². The van der Waals surface area contributed by atoms with Gasteiger partial charge in [0.25, 0.3) is 0 Å². The molecule has 7 heteroatoms. The van der Waals surface area contributed by atoms with Gasteiger partial charge in [0.05, 0.1) is 4.90 Å². The molecule has 0 bridgehead atoms. The Bertz CT molecular complexity index is 862. The molecule has 3 rings (SSSR count). The fourth-order valence-electron chi connectivity index (χ4n) is 3.13. The zero-order valence-corrected chi connectivity index (χ0v) is 16.7. The van der Waals surface area contributed by atoms with E-state index in [4.69, 9.17) is 9.47 Å². The Labute approximate surface area is 161 Å². The molecule has 1 aliphatic heterocycles. The highest BCUT2D eigenvalue weighted by Gasteiger charge is 2.21. The van der Waals surface area contributed by atoms with Crippen molar-refractivity contribution in [2.75, 3.05) is 26.3 Å². The molecule has 1 aliphatic rings. The number of hydrogen-bond acceptors (Lipinski definition) is 4. The monoisotopic (exact) mass is 391 g/mol. The molecule has 0 aromatic heterocycles. The Morgan fingerprint density at radius 2 is 1.48 bits per heavy atom. The summed E-state index contributed by atoms with van der Waals surface area (Å²) in [6, 6.07) is 13.2. The van der Waals surface area contributed by atoms with Gasteiger partial charge in [-0.2, -0.15) is 4.31 Å². The summed E-state index contributed by atoms with van der Waals surface area (Å²) in [4.78, 5) is 0.349. The second-order valence-corrected chi connectivity index (χ2v) is 8.35. The molecule has 0 atom stereocenters. The molecule has 27 heavy (non-hydrogen) atoms. The number of sulfonamides is 1. The average molecular weight is 392 g/mol. The highest BCUT2D eigenvalue weighted by Crippen LogP contribution is 2.30. The largest absolute Gasteiger partial charge is 0.486 e. The first kappa shape index (κ1) is 19.7. The molecule has 2 aromatic carbocycles. The first-order valence-electron chi connectivity index (χ1n) is 9.34. The van der Waals surface area contributed by atoms with E-state index in [2.05, 4.69) is 5.32 Å². The summed E-state index contributed by atoms with van der Waals surface area (Å²) in [6.45, 7) is 7.43. The molecule has 2 N–H and O–H groups in total. The first-order chi connectivity index (χ1) is 13.0. The third-order valence-corrected chi connectivity index (χ3v) is 6.70. The zero-order valence-electron chi connectivity index (χ0n) is 15.8. The zero-order chi connectivity index (χ0) is 19.3. The SMILES string of the molecule is CCN(CC)S(=O)(=O)c1ccc(C[NH2+]Cc2ccc3c(c2)OCCO3)cc1. The van der Waals surface area contributed by atoms with Crippen LogP contribution in [0.25, 0.3) is 0 Å². The summed E-state index contributed by atoms with van der Waals surface area (Å²) in [5, 5.41) is 2.18. The van der Waals surface area contributed by atoms with Crippen molar-refractivity contribution in [3.8, 4) is 11.5 Å². The molecular formula is C20H27N2O4S+. The van der Waals surface area contributed by atoms with Gasteiger partial charge >= 0.3 is 0 Å². The number of nitrogens with zero attached hydrogens (tertiary/aromatic N) is 1. The summed E-state index contributed by atoms with van der Waals surface area (Å²) >= 11 is 0. The van der Waals surface area contributed by atoms with Gasteiger partial charge in [-0.05, 0) is 30.3 Å². The molecule has 0 unspecified atom stereocenters. The molecular weight excluding hydrogens is 364 g/mol. The van der Waals surface area contributed by atoms with E-state index in [9.17, 15) is 8.42 Å². The van der Waals surface area contributed by atoms with Gasteiger partial charge in [0.1, 0.15) is 26.3 Å². The Morgan fingerprint density at radius 3 is 2.15 bits per heavy atom. The van der Waals surface area contributed by atoms with Crippen molar-refractivity contribution < 1.29 is 23.2 Å². The van der Waals surface area contributed by atoms with Crippen LogP contribution in [0, 0.1) is 0 Å². The summed E-state index contributed by atoms with van der Waals surface area (Å²) in [5.41, 5.74) is 2.26. The van der Waals surface area contributed by atoms with E-state index in [1.165, 1.54) is 9.87 Å². The Balaban J connectivity index is 1.58. The van der Waals surface area contributed by atoms with Gasteiger partial charge in [0, 0.05) is 24.2 Å². The van der Waals surface area contributed by atoms with Crippen molar-refractivity contribution in [2.45, 2.75) is 31.8 Å². The van der Waals surface area contributed by atoms with Crippen LogP contribution in [0.15, 0.2) is 47.4 Å². The quantitative estimate of drug-likeness (QED) is 0.744. The minimum atomic E-state index is -3.39. The molecule has 0 aliphatic carbocycles. The molecule has 146 valence electrons. The Kier molecular flexibility index (Phi) is 6.36. The van der Waals surface area contributed by atoms with E-state index in [0.717, 1.165) is 30.2 Å². The molecule has 0 saturated carbocycles. The Morgan fingerprint density at radius 1 is 0.889 bits per heavy atom. The maximum absolute atomic E-state index is 12.5. The van der Waals surface area contributed by atoms with Crippen LogP contribution in [-0.4, -0.2) is 39.0 Å². The smallest absolute Gasteiger partial charge is 0.243 e. The molecule has 2 aromatic rings. The number of hydrogen-bond donors (Lipinski definition) is 1. The second kappa shape index (κ2) is 8.73. The van der Waals surface area contributed by atoms with Crippen molar-refractivity contribution in [1.82, 2.24) is 4.31 Å². The number of benzene rings is 2. The van der Waals surface area contributed by atoms with Crippen LogP contribution in [0.5, 0.6) is 11.5 Å². The van der Waals surface area contributed by atoms with Crippen LogP contribution in [0.3, 0.4) is 0 Å². The van der Waals surface area contributed by atoms with E-state index >= 15 is 0 Å². The van der Waals surface area contributed by atoms with Gasteiger partial charge in [-0.3, -0.25) is 0 Å². The standard InChI is InChI=1S/C20H26N2O4S/c1-3-22(4-2)27(23,24)18-8-5-16(6-9-18)14-21-15-17-7-10-19-20(13-17)26-12-11-25-19/h5-10,13,21H,3-4,11-12,14-15H2,1-2H3/p+1. The molecule has 6 nitrogen and oxygen atoms in total. The average Bonchev–Trinajstić information content (AvgIpc) is 2.69. The third-order valence-electron chi connectivity index (χ3n) is 4.63. The molecule has 0 radical (unpaired) electrons. The topological polar surface area (TPSA) is 72.5 Å². The molecule has 0 saturated heterocycles. The first-order valence-corrected chi connectivity index (χ1v) is 10.8. The van der Waals surface area contributed by atoms with Crippen LogP contribution < -0.4 is 14.8 Å². The number of ether oxygens (including phenoxy) is 2. The van der Waals surface area contributed by atoms with Crippen LogP contribution in [0.2, 0.25) is 0 Å². The summed E-state index contributed by atoms with van der Waals surface area (Å²) < 4.78 is 37.7. The number of quaternary nitrogens is 1. The lowest BCUT2D eigenvalue weighted by Crippen LogP contribution is -2.80. The van der Waals surface area contributed by atoms with E-state index in [1.807, 2.05) is 44.2 Å². The number of nitrogens with two attached hydrogens (primary N) is 1. The van der Waals surface area contributed by atoms with E-state index < -0.39 is 10.0 Å². The van der Waals surface area contributed by atoms with E-state index in [0.29, 0.717) is 31.2 Å². The fourth-order valence-corrected chi connectivity index (χ4v) is 4.59. The summed E-state index contributed by atoms with van der Waals surface area (Å²) in [6.07, 6.45) is 0. The lowest BCUT2D eigenvalue weighted by atomic mass is 10.2. The minimum Gasteiger partial charge on any atom is -0.486 e. The molecule has 1 heterocycles. The third kappa shape index (κ3) is 4.61. The summed E-state index contributed by atoms with van der Waals surface area (Å²) in [5.74, 6) is 1.60. The normalized spacial score (nSPS) is 13.7. The van der Waals surface area contributed by atoms with Crippen LogP contribution >= 0.6 is 0 Å². The number of fused-ring (bicyclic) bond motifs is 1. The Hall–Kier alpha value is -2.09. The molecule has 0 spiro atoms. The summed E-state index contributed by atoms with van der Waals surface area (Å²) in [7, 11) is -3.39. The van der Waals surface area contributed by atoms with Crippen molar-refractivity contribution in [1.29, 1.82) is 0 Å². The minimum absolute atomic E-state index is 0.349. The van der Waals surface area contributed by atoms with Crippen LogP contribution in [-0.2, 0) is 23.1 Å². The van der Waals surface area contributed by atoms with Gasteiger partial charge in [-0.15, -0.1) is 0 Å². The predicted molar refractivity (Wildman–Crippen MR) is 103 cm³/mol. The maximum Gasteiger partial charge on any atom is 0.243 e. The van der Waals surface area contributed by atoms with Crippen molar-refractivity contribution >= 4 is 10.0 Å². The van der Waals surface area contributed by atoms with E-state index in [1.54, 1.807) is 12.1 Å². The van der Waals surface area contributed by atoms with Gasteiger partial charge in [-0.1, -0.05) is 26.0 Å². The van der Waals surface area contributed by atoms with Gasteiger partial charge in [-0.25, -0.2) is 8.42 Å². The number of rotatable bonds is 8. The lowest BCUT2D eigenvalue weighted by Gasteiger charge is -2.18. The highest BCUT2D eigenvalue weighted by atomic mass is 32.2. The van der Waals surface area contributed by atoms with Gasteiger partial charge in [0.2, 0.25) is 10.0 Å². The molecule has 0 amide bonds. The van der Waals surface area contributed by atoms with Crippen LogP contribution in [0.4, 0.5) is 0 Å². The van der Waals surface area contributed by atoms with Crippen molar-refractivity contribution in [3.05, 3.63) is 53.6 Å². The fraction of sp³-hybridized carbons (Fsp3) is 0.400. The van der Waals surface area contributed by atoms with Crippen molar-refractivity contribution in [3.63, 3.8) is 0 Å². The predicted octanol–water partition coefficient (Wildman–Crippen LogP) is 1.75. The highest BCUT2D eigenvalue weighted by molar-refractivity contribution is 7.89. The van der Waals surface area contributed by atoms with Gasteiger partial charge < -0.3 is 14.8 Å².